The van der Waals surface area contributed by atoms with Gasteiger partial charge in [0.05, 0.1) is 0 Å². The number of rotatable bonds is 7. The Labute approximate surface area is 266 Å². The van der Waals surface area contributed by atoms with Crippen molar-refractivity contribution in [3.63, 3.8) is 0 Å². The predicted molar refractivity (Wildman–Crippen MR) is 164 cm³/mol. The first-order valence-electron chi connectivity index (χ1n) is 14.6. The number of allylic oxidation sites excluding steroid dienone is 4. The number of hydrogen-bond donors (Lipinski definition) is 0. The maximum absolute atomic E-state index is 2.68. The van der Waals surface area contributed by atoms with Crippen LogP contribution in [-0.4, -0.2) is 3.21 Å². The number of fused-ring (bicyclic) bond motifs is 3. The molecule has 0 fully saturated rings. The smallest absolute Gasteiger partial charge is 1.00 e. The zero-order valence-corrected chi connectivity index (χ0v) is 28.4. The summed E-state index contributed by atoms with van der Waals surface area (Å²) < 4.78 is 3.89. The zero-order chi connectivity index (χ0) is 26.9. The third kappa shape index (κ3) is 5.97. The van der Waals surface area contributed by atoms with E-state index in [1.807, 2.05) is 0 Å². The third-order valence-corrected chi connectivity index (χ3v) is 17.1. The Kier molecular flexibility index (Phi) is 10.6. The fraction of sp³-hybridized carbons (Fsp3) is 0.237. The summed E-state index contributed by atoms with van der Waals surface area (Å²) in [5, 5.41) is 0. The molecule has 0 heterocycles. The van der Waals surface area contributed by atoms with Crippen molar-refractivity contribution in [3.8, 4) is 11.1 Å². The Morgan fingerprint density at radius 2 is 1.20 bits per heavy atom. The minimum Gasteiger partial charge on any atom is -1.00 e. The first-order valence-corrected chi connectivity index (χ1v) is 18.5. The molecule has 0 N–H and O–H groups in total. The second-order valence-corrected chi connectivity index (χ2v) is 17.4. The minimum atomic E-state index is -2.68. The molecular formula is C38H38Cl2Zr. The topological polar surface area (TPSA) is 0 Å². The number of benzene rings is 4. The standard InChI is InChI=1S/C17H17.C13H10.C8H11.2ClH.Zr/c1-3-12-5-7-16-14(9-12)11-15-10-13(4-2)6-8-17(15)16;1-3-7-12(8-4-1)11-13-9-5-2-6-10-13;1-7(2)8-5-3-4-6-8;;;/h5-11H,3-4H2,1-2H3;1-10H;3,5,7H,4H2,1-2H3;2*1H;/q;;;;;+2/p-2. The Balaban J connectivity index is 0.00000194. The molecule has 0 atom stereocenters. The van der Waals surface area contributed by atoms with Crippen LogP contribution in [-0.2, 0) is 34.1 Å². The summed E-state index contributed by atoms with van der Waals surface area (Å²) in [6.07, 6.45) is 8.15. The van der Waals surface area contributed by atoms with E-state index < -0.39 is 21.3 Å². The first kappa shape index (κ1) is 31.6. The normalized spacial score (nSPS) is 13.3. The average Bonchev–Trinajstić information content (AvgIpc) is 3.59. The SMILES string of the molecule is CCc1ccc2c(c1)[CH]([Zr+2]([C]1=C(C(C)C)C=CC1)=[C](c1ccccc1)c1ccccc1)c1cc(CC)ccc1-2.[Cl-].[Cl-]. The Hall–Kier alpha value is -2.31. The molecular weight excluding hydrogens is 619 g/mol. The van der Waals surface area contributed by atoms with Gasteiger partial charge in [-0.2, -0.15) is 0 Å². The molecule has 0 amide bonds. The molecule has 4 aromatic rings. The molecule has 0 unspecified atom stereocenters. The summed E-state index contributed by atoms with van der Waals surface area (Å²) in [4.78, 5) is 0. The van der Waals surface area contributed by atoms with E-state index in [9.17, 15) is 0 Å². The Morgan fingerprint density at radius 3 is 1.63 bits per heavy atom. The summed E-state index contributed by atoms with van der Waals surface area (Å²) in [5.74, 6) is 0.534. The molecule has 0 saturated heterocycles. The van der Waals surface area contributed by atoms with Crippen LogP contribution in [0.5, 0.6) is 0 Å². The van der Waals surface area contributed by atoms with Gasteiger partial charge in [-0.15, -0.1) is 0 Å². The zero-order valence-electron chi connectivity index (χ0n) is 24.4. The maximum atomic E-state index is 2.57. The Bertz CT molecular complexity index is 1520. The molecule has 0 radical (unpaired) electrons. The van der Waals surface area contributed by atoms with Gasteiger partial charge >= 0.3 is 244 Å². The second kappa shape index (κ2) is 13.8. The number of aryl methyl sites for hydroxylation is 2. The molecule has 3 heteroatoms. The van der Waals surface area contributed by atoms with Crippen LogP contribution in [0.3, 0.4) is 0 Å². The number of halogens is 2. The Morgan fingerprint density at radius 1 is 0.707 bits per heavy atom. The van der Waals surface area contributed by atoms with Crippen LogP contribution in [0.2, 0.25) is 0 Å². The monoisotopic (exact) mass is 654 g/mol. The maximum Gasteiger partial charge on any atom is -1.00 e. The summed E-state index contributed by atoms with van der Waals surface area (Å²) in [5.41, 5.74) is 13.4. The second-order valence-electron chi connectivity index (χ2n) is 11.2. The molecule has 2 aliphatic rings. The van der Waals surface area contributed by atoms with Gasteiger partial charge in [-0.3, -0.25) is 0 Å². The summed E-state index contributed by atoms with van der Waals surface area (Å²) in [6.45, 7) is 9.35. The van der Waals surface area contributed by atoms with E-state index in [1.54, 1.807) is 23.2 Å². The quantitative estimate of drug-likeness (QED) is 0.285. The van der Waals surface area contributed by atoms with E-state index in [1.165, 1.54) is 33.4 Å². The van der Waals surface area contributed by atoms with Crippen LogP contribution in [0.25, 0.3) is 11.1 Å². The van der Waals surface area contributed by atoms with Crippen LogP contribution in [0.4, 0.5) is 0 Å². The van der Waals surface area contributed by atoms with E-state index in [0.717, 1.165) is 19.3 Å². The van der Waals surface area contributed by atoms with E-state index in [0.29, 0.717) is 9.54 Å². The van der Waals surface area contributed by atoms with Crippen LogP contribution in [0.1, 0.15) is 71.1 Å². The fourth-order valence-corrected chi connectivity index (χ4v) is 16.5. The van der Waals surface area contributed by atoms with Crippen LogP contribution >= 0.6 is 0 Å². The van der Waals surface area contributed by atoms with Gasteiger partial charge in [0, 0.05) is 0 Å². The van der Waals surface area contributed by atoms with Crippen molar-refractivity contribution in [2.45, 2.75) is 50.6 Å². The van der Waals surface area contributed by atoms with Gasteiger partial charge in [0.2, 0.25) is 0 Å². The van der Waals surface area contributed by atoms with Crippen LogP contribution in [0.15, 0.2) is 118 Å². The van der Waals surface area contributed by atoms with E-state index in [2.05, 4.69) is 137 Å². The van der Waals surface area contributed by atoms with Crippen LogP contribution < -0.4 is 24.8 Å². The van der Waals surface area contributed by atoms with Gasteiger partial charge in [0.15, 0.2) is 0 Å². The molecule has 0 aliphatic heterocycles. The average molecular weight is 657 g/mol. The van der Waals surface area contributed by atoms with E-state index in [-0.39, 0.29) is 24.8 Å². The number of hydrogen-bond acceptors (Lipinski definition) is 0. The molecule has 4 aromatic carbocycles. The van der Waals surface area contributed by atoms with Crippen molar-refractivity contribution < 1.29 is 46.1 Å². The van der Waals surface area contributed by atoms with Crippen LogP contribution in [0, 0.1) is 5.92 Å². The molecule has 6 rings (SSSR count). The summed E-state index contributed by atoms with van der Waals surface area (Å²) in [6, 6.07) is 37.4. The van der Waals surface area contributed by atoms with Gasteiger partial charge < -0.3 is 24.8 Å². The van der Waals surface area contributed by atoms with Crippen molar-refractivity contribution in [2.24, 2.45) is 5.92 Å². The van der Waals surface area contributed by atoms with Gasteiger partial charge in [-0.1, -0.05) is 0 Å². The van der Waals surface area contributed by atoms with Crippen molar-refractivity contribution >= 4 is 3.21 Å². The van der Waals surface area contributed by atoms with Gasteiger partial charge in [0.1, 0.15) is 0 Å². The molecule has 0 saturated carbocycles. The van der Waals surface area contributed by atoms with Gasteiger partial charge in [-0.25, -0.2) is 0 Å². The summed E-state index contributed by atoms with van der Waals surface area (Å²) >= 11 is -2.68. The predicted octanol–water partition coefficient (Wildman–Crippen LogP) is 3.65. The van der Waals surface area contributed by atoms with E-state index in [4.69, 9.17) is 0 Å². The first-order chi connectivity index (χ1) is 19.1. The summed E-state index contributed by atoms with van der Waals surface area (Å²) in [7, 11) is 0. The van der Waals surface area contributed by atoms with Crippen molar-refractivity contribution in [3.05, 3.63) is 151 Å². The van der Waals surface area contributed by atoms with Gasteiger partial charge in [-0.05, 0) is 0 Å². The van der Waals surface area contributed by atoms with Crippen molar-refractivity contribution in [1.82, 2.24) is 0 Å². The largest absolute Gasteiger partial charge is 1.00 e. The molecule has 0 bridgehead atoms. The van der Waals surface area contributed by atoms with Crippen molar-refractivity contribution in [2.75, 3.05) is 0 Å². The molecule has 208 valence electrons. The molecule has 41 heavy (non-hydrogen) atoms. The minimum absolute atomic E-state index is 0. The van der Waals surface area contributed by atoms with E-state index >= 15 is 0 Å². The molecule has 0 nitrogen and oxygen atoms in total. The van der Waals surface area contributed by atoms with Crippen molar-refractivity contribution in [1.29, 1.82) is 0 Å². The third-order valence-electron chi connectivity index (χ3n) is 8.56. The van der Waals surface area contributed by atoms with Gasteiger partial charge in [0.25, 0.3) is 0 Å². The fourth-order valence-electron chi connectivity index (χ4n) is 6.60. The molecule has 2 aliphatic carbocycles. The molecule has 0 spiro atoms. The molecule has 0 aromatic heterocycles.